The van der Waals surface area contributed by atoms with Crippen LogP contribution >= 0.6 is 0 Å². The molecule has 0 bridgehead atoms. The summed E-state index contributed by atoms with van der Waals surface area (Å²) in [4.78, 5) is 23.4. The van der Waals surface area contributed by atoms with E-state index >= 15 is 0 Å². The molecule has 0 saturated carbocycles. The van der Waals surface area contributed by atoms with Crippen molar-refractivity contribution in [3.8, 4) is 5.75 Å². The SMILES string of the molecule is C=C(C)COc1cccc(NC(=O)c2ccc(F)c(NC(C)=O)c2)c1. The van der Waals surface area contributed by atoms with Gasteiger partial charge in [-0.2, -0.15) is 0 Å². The zero-order valence-corrected chi connectivity index (χ0v) is 14.1. The van der Waals surface area contributed by atoms with Gasteiger partial charge in [0.25, 0.3) is 5.91 Å². The van der Waals surface area contributed by atoms with Gasteiger partial charge in [-0.05, 0) is 42.8 Å². The van der Waals surface area contributed by atoms with Crippen molar-refractivity contribution in [2.75, 3.05) is 17.2 Å². The summed E-state index contributed by atoms with van der Waals surface area (Å²) in [6.45, 7) is 7.27. The van der Waals surface area contributed by atoms with Crippen LogP contribution in [0, 0.1) is 5.82 Å². The highest BCUT2D eigenvalue weighted by Gasteiger charge is 2.11. The van der Waals surface area contributed by atoms with Crippen molar-refractivity contribution >= 4 is 23.2 Å². The van der Waals surface area contributed by atoms with Crippen molar-refractivity contribution in [3.05, 3.63) is 66.0 Å². The van der Waals surface area contributed by atoms with Gasteiger partial charge in [-0.25, -0.2) is 4.39 Å². The molecule has 6 heteroatoms. The molecule has 130 valence electrons. The molecule has 2 aromatic rings. The van der Waals surface area contributed by atoms with Crippen LogP contribution in [-0.4, -0.2) is 18.4 Å². The number of halogens is 1. The predicted octanol–water partition coefficient (Wildman–Crippen LogP) is 3.99. The summed E-state index contributed by atoms with van der Waals surface area (Å²) >= 11 is 0. The average Bonchev–Trinajstić information content (AvgIpc) is 2.55. The molecular formula is C19H19FN2O3. The summed E-state index contributed by atoms with van der Waals surface area (Å²) in [6.07, 6.45) is 0. The fourth-order valence-corrected chi connectivity index (χ4v) is 2.03. The molecule has 0 saturated heterocycles. The first kappa shape index (κ1) is 18.2. The standard InChI is InChI=1S/C19H19FN2O3/c1-12(2)11-25-16-6-4-5-15(10-16)22-19(24)14-7-8-17(20)18(9-14)21-13(3)23/h4-10H,1,11H2,2-3H3,(H,21,23)(H,22,24). The first-order chi connectivity index (χ1) is 11.8. The largest absolute Gasteiger partial charge is 0.489 e. The lowest BCUT2D eigenvalue weighted by atomic mass is 10.1. The number of hydrogen-bond acceptors (Lipinski definition) is 3. The lowest BCUT2D eigenvalue weighted by Crippen LogP contribution is -2.14. The number of anilines is 2. The first-order valence-electron chi connectivity index (χ1n) is 7.61. The Morgan fingerprint density at radius 1 is 1.12 bits per heavy atom. The Hall–Kier alpha value is -3.15. The number of ether oxygens (including phenoxy) is 1. The van der Waals surface area contributed by atoms with Crippen LogP contribution in [0.5, 0.6) is 5.75 Å². The summed E-state index contributed by atoms with van der Waals surface area (Å²) in [6, 6.07) is 10.7. The maximum Gasteiger partial charge on any atom is 0.255 e. The van der Waals surface area contributed by atoms with Crippen LogP contribution < -0.4 is 15.4 Å². The Balaban J connectivity index is 2.13. The molecular weight excluding hydrogens is 323 g/mol. The van der Waals surface area contributed by atoms with Crippen LogP contribution in [0.4, 0.5) is 15.8 Å². The summed E-state index contributed by atoms with van der Waals surface area (Å²) in [5.74, 6) is -0.858. The molecule has 5 nitrogen and oxygen atoms in total. The van der Waals surface area contributed by atoms with E-state index in [-0.39, 0.29) is 11.3 Å². The van der Waals surface area contributed by atoms with E-state index in [9.17, 15) is 14.0 Å². The van der Waals surface area contributed by atoms with E-state index < -0.39 is 17.6 Å². The fourth-order valence-electron chi connectivity index (χ4n) is 2.03. The predicted molar refractivity (Wildman–Crippen MR) is 95.4 cm³/mol. The van der Waals surface area contributed by atoms with Crippen LogP contribution in [0.2, 0.25) is 0 Å². The highest BCUT2D eigenvalue weighted by molar-refractivity contribution is 6.05. The maximum atomic E-state index is 13.7. The molecule has 0 atom stereocenters. The molecule has 0 aliphatic heterocycles. The van der Waals surface area contributed by atoms with Crippen LogP contribution in [0.25, 0.3) is 0 Å². The zero-order chi connectivity index (χ0) is 18.4. The monoisotopic (exact) mass is 342 g/mol. The highest BCUT2D eigenvalue weighted by atomic mass is 19.1. The Kier molecular flexibility index (Phi) is 5.89. The van der Waals surface area contributed by atoms with Gasteiger partial charge in [0.15, 0.2) is 0 Å². The Morgan fingerprint density at radius 2 is 1.88 bits per heavy atom. The molecule has 2 rings (SSSR count). The molecule has 0 aliphatic carbocycles. The van der Waals surface area contributed by atoms with Gasteiger partial charge in [-0.15, -0.1) is 0 Å². The fraction of sp³-hybridized carbons (Fsp3) is 0.158. The molecule has 25 heavy (non-hydrogen) atoms. The summed E-state index contributed by atoms with van der Waals surface area (Å²) in [5.41, 5.74) is 1.60. The third-order valence-electron chi connectivity index (χ3n) is 3.12. The first-order valence-corrected chi connectivity index (χ1v) is 7.61. The van der Waals surface area contributed by atoms with Gasteiger partial charge in [0.05, 0.1) is 5.69 Å². The molecule has 2 amide bonds. The van der Waals surface area contributed by atoms with Crippen LogP contribution in [0.3, 0.4) is 0 Å². The molecule has 0 radical (unpaired) electrons. The van der Waals surface area contributed by atoms with Crippen LogP contribution in [0.1, 0.15) is 24.2 Å². The molecule has 0 aliphatic rings. The molecule has 2 N–H and O–H groups in total. The second kappa shape index (κ2) is 8.10. The summed E-state index contributed by atoms with van der Waals surface area (Å²) < 4.78 is 19.2. The second-order valence-electron chi connectivity index (χ2n) is 5.60. The van der Waals surface area contributed by atoms with Crippen molar-refractivity contribution in [1.82, 2.24) is 0 Å². The average molecular weight is 342 g/mol. The molecule has 0 heterocycles. The number of benzene rings is 2. The van der Waals surface area contributed by atoms with Crippen molar-refractivity contribution in [2.45, 2.75) is 13.8 Å². The van der Waals surface area contributed by atoms with Crippen molar-refractivity contribution in [3.63, 3.8) is 0 Å². The molecule has 0 spiro atoms. The van der Waals surface area contributed by atoms with Crippen LogP contribution in [-0.2, 0) is 4.79 Å². The number of amides is 2. The van der Waals surface area contributed by atoms with Gasteiger partial charge in [0.1, 0.15) is 18.2 Å². The van der Waals surface area contributed by atoms with E-state index in [0.29, 0.717) is 18.0 Å². The Morgan fingerprint density at radius 3 is 2.56 bits per heavy atom. The number of carbonyl (C=O) groups excluding carboxylic acids is 2. The van der Waals surface area contributed by atoms with E-state index in [4.69, 9.17) is 4.74 Å². The van der Waals surface area contributed by atoms with E-state index in [1.807, 2.05) is 6.92 Å². The topological polar surface area (TPSA) is 67.4 Å². The van der Waals surface area contributed by atoms with Gasteiger partial charge >= 0.3 is 0 Å². The Labute approximate surface area is 145 Å². The van der Waals surface area contributed by atoms with Gasteiger partial charge in [-0.1, -0.05) is 12.6 Å². The number of hydrogen-bond donors (Lipinski definition) is 2. The van der Waals surface area contributed by atoms with E-state index in [1.165, 1.54) is 19.1 Å². The lowest BCUT2D eigenvalue weighted by molar-refractivity contribution is -0.114. The molecule has 2 aromatic carbocycles. The summed E-state index contributed by atoms with van der Waals surface area (Å²) in [5, 5.41) is 5.06. The second-order valence-corrected chi connectivity index (χ2v) is 5.60. The third kappa shape index (κ3) is 5.46. The van der Waals surface area contributed by atoms with Gasteiger partial charge in [0.2, 0.25) is 5.91 Å². The van der Waals surface area contributed by atoms with Crippen molar-refractivity contribution < 1.29 is 18.7 Å². The minimum Gasteiger partial charge on any atom is -0.489 e. The van der Waals surface area contributed by atoms with E-state index in [0.717, 1.165) is 11.6 Å². The molecule has 0 aromatic heterocycles. The highest BCUT2D eigenvalue weighted by Crippen LogP contribution is 2.20. The van der Waals surface area contributed by atoms with Gasteiger partial charge in [0, 0.05) is 24.2 Å². The van der Waals surface area contributed by atoms with Crippen LogP contribution in [0.15, 0.2) is 54.6 Å². The van der Waals surface area contributed by atoms with Crippen molar-refractivity contribution in [2.24, 2.45) is 0 Å². The number of carbonyl (C=O) groups is 2. The zero-order valence-electron chi connectivity index (χ0n) is 14.1. The maximum absolute atomic E-state index is 13.7. The normalized spacial score (nSPS) is 10.0. The quantitative estimate of drug-likeness (QED) is 0.780. The van der Waals surface area contributed by atoms with Gasteiger partial charge in [-0.3, -0.25) is 9.59 Å². The third-order valence-corrected chi connectivity index (χ3v) is 3.12. The van der Waals surface area contributed by atoms with Crippen molar-refractivity contribution in [1.29, 1.82) is 0 Å². The van der Waals surface area contributed by atoms with Gasteiger partial charge < -0.3 is 15.4 Å². The minimum atomic E-state index is -0.609. The Bertz CT molecular complexity index is 818. The van der Waals surface area contributed by atoms with E-state index in [2.05, 4.69) is 17.2 Å². The minimum absolute atomic E-state index is 0.0429. The number of rotatable bonds is 6. The molecule has 0 fully saturated rings. The molecule has 0 unspecified atom stereocenters. The summed E-state index contributed by atoms with van der Waals surface area (Å²) in [7, 11) is 0. The lowest BCUT2D eigenvalue weighted by Gasteiger charge is -2.10. The smallest absolute Gasteiger partial charge is 0.255 e. The van der Waals surface area contributed by atoms with E-state index in [1.54, 1.807) is 24.3 Å². The number of nitrogens with one attached hydrogen (secondary N) is 2.